The second-order valence-electron chi connectivity index (χ2n) is 3.69. The summed E-state index contributed by atoms with van der Waals surface area (Å²) in [7, 11) is 0. The zero-order valence-electron chi connectivity index (χ0n) is 9.47. The van der Waals surface area contributed by atoms with Gasteiger partial charge >= 0.3 is 12.1 Å². The van der Waals surface area contributed by atoms with Gasteiger partial charge in [0.1, 0.15) is 6.04 Å². The number of hydrogen-bond acceptors (Lipinski definition) is 1. The van der Waals surface area contributed by atoms with E-state index in [9.17, 15) is 22.0 Å². The Morgan fingerprint density at radius 2 is 1.50 bits per heavy atom. The molecule has 0 aliphatic rings. The van der Waals surface area contributed by atoms with Crippen LogP contribution in [0.15, 0.2) is 24.3 Å². The number of nitrogens with two attached hydrogens (primary N) is 1. The maximum absolute atomic E-state index is 12.9. The number of aryl methyl sites for hydroxylation is 1. The summed E-state index contributed by atoms with van der Waals surface area (Å²) in [6.45, 7) is 1.85. The summed E-state index contributed by atoms with van der Waals surface area (Å²) in [5.74, 6) is -4.93. The van der Waals surface area contributed by atoms with Gasteiger partial charge in [-0.15, -0.1) is 12.4 Å². The average Bonchev–Trinajstić information content (AvgIpc) is 2.26. The lowest BCUT2D eigenvalue weighted by atomic mass is 9.99. The van der Waals surface area contributed by atoms with Crippen molar-refractivity contribution in [3.63, 3.8) is 0 Å². The minimum atomic E-state index is -5.64. The molecule has 0 aliphatic heterocycles. The van der Waals surface area contributed by atoms with E-state index in [4.69, 9.17) is 5.73 Å². The standard InChI is InChI=1S/C11H12F5N.ClH/c1-2-7-3-5-8(6-4-7)9(17)10(12,13)11(14,15)16;/h3-6,9H,2,17H2,1H3;1H/t9-;/m1./s1. The van der Waals surface area contributed by atoms with Crippen LogP contribution in [0.1, 0.15) is 24.1 Å². The highest BCUT2D eigenvalue weighted by Crippen LogP contribution is 2.43. The van der Waals surface area contributed by atoms with Gasteiger partial charge in [-0.2, -0.15) is 22.0 Å². The molecular formula is C11H13ClF5N. The van der Waals surface area contributed by atoms with Gasteiger partial charge in [-0.3, -0.25) is 0 Å². The van der Waals surface area contributed by atoms with Gasteiger partial charge < -0.3 is 5.73 Å². The summed E-state index contributed by atoms with van der Waals surface area (Å²) in [6, 6.07) is 2.99. The van der Waals surface area contributed by atoms with Crippen LogP contribution in [0.5, 0.6) is 0 Å². The van der Waals surface area contributed by atoms with Gasteiger partial charge in [-0.25, -0.2) is 0 Å². The molecule has 0 saturated carbocycles. The summed E-state index contributed by atoms with van der Waals surface area (Å²) in [5.41, 5.74) is 5.59. The zero-order chi connectivity index (χ0) is 13.3. The molecule has 1 aromatic rings. The van der Waals surface area contributed by atoms with Crippen molar-refractivity contribution in [3.8, 4) is 0 Å². The molecule has 1 rings (SSSR count). The Labute approximate surface area is 108 Å². The molecule has 1 nitrogen and oxygen atoms in total. The van der Waals surface area contributed by atoms with Crippen LogP contribution in [0, 0.1) is 0 Å². The lowest BCUT2D eigenvalue weighted by Crippen LogP contribution is -2.45. The minimum Gasteiger partial charge on any atom is -0.319 e. The van der Waals surface area contributed by atoms with Crippen LogP contribution in [0.3, 0.4) is 0 Å². The van der Waals surface area contributed by atoms with Gasteiger partial charge in [-0.05, 0) is 17.5 Å². The van der Waals surface area contributed by atoms with E-state index < -0.39 is 18.1 Å². The first kappa shape index (κ1) is 17.1. The van der Waals surface area contributed by atoms with Crippen LogP contribution in [0.4, 0.5) is 22.0 Å². The maximum atomic E-state index is 12.9. The Morgan fingerprint density at radius 1 is 1.06 bits per heavy atom. The fourth-order valence-corrected chi connectivity index (χ4v) is 1.35. The summed E-state index contributed by atoms with van der Waals surface area (Å²) in [6.07, 6.45) is -4.97. The van der Waals surface area contributed by atoms with Crippen LogP contribution in [0.2, 0.25) is 0 Å². The first-order valence-corrected chi connectivity index (χ1v) is 4.99. The molecule has 0 unspecified atom stereocenters. The van der Waals surface area contributed by atoms with Gasteiger partial charge in [0.2, 0.25) is 0 Å². The van der Waals surface area contributed by atoms with Gasteiger partial charge in [-0.1, -0.05) is 31.2 Å². The highest BCUT2D eigenvalue weighted by atomic mass is 35.5. The largest absolute Gasteiger partial charge is 0.455 e. The highest BCUT2D eigenvalue weighted by Gasteiger charge is 2.61. The lowest BCUT2D eigenvalue weighted by Gasteiger charge is -2.26. The number of hydrogen-bond donors (Lipinski definition) is 1. The molecule has 1 aromatic carbocycles. The van der Waals surface area contributed by atoms with Crippen molar-refractivity contribution in [3.05, 3.63) is 35.4 Å². The van der Waals surface area contributed by atoms with E-state index in [1.165, 1.54) is 24.3 Å². The van der Waals surface area contributed by atoms with Gasteiger partial charge in [0, 0.05) is 0 Å². The van der Waals surface area contributed by atoms with Crippen molar-refractivity contribution >= 4 is 12.4 Å². The molecule has 0 aliphatic carbocycles. The van der Waals surface area contributed by atoms with Crippen LogP contribution in [0.25, 0.3) is 0 Å². The van der Waals surface area contributed by atoms with Crippen molar-refractivity contribution in [2.75, 3.05) is 0 Å². The summed E-state index contributed by atoms with van der Waals surface area (Å²) < 4.78 is 62.1. The molecule has 0 radical (unpaired) electrons. The van der Waals surface area contributed by atoms with E-state index in [0.29, 0.717) is 6.42 Å². The third-order valence-corrected chi connectivity index (χ3v) is 2.52. The van der Waals surface area contributed by atoms with E-state index in [-0.39, 0.29) is 18.0 Å². The van der Waals surface area contributed by atoms with Crippen molar-refractivity contribution in [1.29, 1.82) is 0 Å². The third kappa shape index (κ3) is 3.32. The first-order chi connectivity index (χ1) is 7.70. The Bertz CT molecular complexity index is 374. The molecule has 0 saturated heterocycles. The predicted molar refractivity (Wildman–Crippen MR) is 61.0 cm³/mol. The van der Waals surface area contributed by atoms with Crippen LogP contribution in [-0.4, -0.2) is 12.1 Å². The average molecular weight is 290 g/mol. The normalized spacial score (nSPS) is 13.9. The molecule has 0 spiro atoms. The fourth-order valence-electron chi connectivity index (χ4n) is 1.35. The van der Waals surface area contributed by atoms with Crippen LogP contribution in [-0.2, 0) is 6.42 Å². The summed E-state index contributed by atoms with van der Waals surface area (Å²) >= 11 is 0. The third-order valence-electron chi connectivity index (χ3n) is 2.52. The summed E-state index contributed by atoms with van der Waals surface area (Å²) in [5, 5.41) is 0. The molecule has 7 heteroatoms. The molecule has 0 amide bonds. The summed E-state index contributed by atoms with van der Waals surface area (Å²) in [4.78, 5) is 0. The first-order valence-electron chi connectivity index (χ1n) is 4.99. The lowest BCUT2D eigenvalue weighted by molar-refractivity contribution is -0.291. The van der Waals surface area contributed by atoms with E-state index in [1.54, 1.807) is 0 Å². The smallest absolute Gasteiger partial charge is 0.319 e. The highest BCUT2D eigenvalue weighted by molar-refractivity contribution is 5.85. The van der Waals surface area contributed by atoms with Crippen molar-refractivity contribution in [2.45, 2.75) is 31.5 Å². The van der Waals surface area contributed by atoms with Gasteiger partial charge in [0.25, 0.3) is 0 Å². The zero-order valence-corrected chi connectivity index (χ0v) is 10.3. The number of halogens is 6. The molecule has 0 heterocycles. The molecule has 18 heavy (non-hydrogen) atoms. The van der Waals surface area contributed by atoms with Crippen molar-refractivity contribution < 1.29 is 22.0 Å². The number of rotatable bonds is 3. The Morgan fingerprint density at radius 3 is 1.83 bits per heavy atom. The molecule has 1 atom stereocenters. The molecule has 2 N–H and O–H groups in total. The van der Waals surface area contributed by atoms with E-state index in [0.717, 1.165) is 5.56 Å². The molecule has 0 fully saturated rings. The molecular weight excluding hydrogens is 277 g/mol. The second kappa shape index (κ2) is 5.84. The predicted octanol–water partition coefficient (Wildman–Crippen LogP) is 3.87. The Kier molecular flexibility index (Phi) is 5.55. The molecule has 104 valence electrons. The minimum absolute atomic E-state index is 0. The topological polar surface area (TPSA) is 26.0 Å². The van der Waals surface area contributed by atoms with E-state index >= 15 is 0 Å². The van der Waals surface area contributed by atoms with Crippen molar-refractivity contribution in [2.24, 2.45) is 5.73 Å². The second-order valence-corrected chi connectivity index (χ2v) is 3.69. The number of alkyl halides is 5. The van der Waals surface area contributed by atoms with Crippen LogP contribution >= 0.6 is 12.4 Å². The molecule has 0 bridgehead atoms. The Hall–Kier alpha value is -0.880. The Balaban J connectivity index is 0.00000289. The van der Waals surface area contributed by atoms with E-state index in [1.807, 2.05) is 6.92 Å². The van der Waals surface area contributed by atoms with Gasteiger partial charge in [0.15, 0.2) is 0 Å². The van der Waals surface area contributed by atoms with Crippen molar-refractivity contribution in [1.82, 2.24) is 0 Å². The fraction of sp³-hybridized carbons (Fsp3) is 0.455. The van der Waals surface area contributed by atoms with E-state index in [2.05, 4.69) is 0 Å². The SMILES string of the molecule is CCc1ccc([C@@H](N)C(F)(F)C(F)(F)F)cc1.Cl. The monoisotopic (exact) mass is 289 g/mol. The maximum Gasteiger partial charge on any atom is 0.455 e. The van der Waals surface area contributed by atoms with Crippen LogP contribution < -0.4 is 5.73 Å². The van der Waals surface area contributed by atoms with Gasteiger partial charge in [0.05, 0.1) is 0 Å². The molecule has 0 aromatic heterocycles. The quantitative estimate of drug-likeness (QED) is 0.840. The number of benzene rings is 1.